The molecule has 2 heterocycles. The Kier molecular flexibility index (Phi) is 2.18. The Morgan fingerprint density at radius 1 is 1.12 bits per heavy atom. The van der Waals surface area contributed by atoms with Crippen LogP contribution in [0.5, 0.6) is 0 Å². The smallest absolute Gasteiger partial charge is 0.146 e. The van der Waals surface area contributed by atoms with Gasteiger partial charge in [-0.15, -0.1) is 0 Å². The minimum absolute atomic E-state index is 0.0343. The third-order valence-corrected chi connectivity index (χ3v) is 2.61. The molecule has 1 aliphatic carbocycles. The molecule has 1 aromatic rings. The summed E-state index contributed by atoms with van der Waals surface area (Å²) < 4.78 is 5.87. The third kappa shape index (κ3) is 1.58. The Balaban J connectivity index is 1.95. The van der Waals surface area contributed by atoms with E-state index in [0.717, 1.165) is 11.5 Å². The van der Waals surface area contributed by atoms with Gasteiger partial charge >= 0.3 is 0 Å². The minimum Gasteiger partial charge on any atom is -0.479 e. The largest absolute Gasteiger partial charge is 0.479 e. The fourth-order valence-corrected chi connectivity index (χ4v) is 1.80. The third-order valence-electron chi connectivity index (χ3n) is 2.61. The monoisotopic (exact) mass is 209 g/mol. The maximum absolute atomic E-state index is 5.87. The van der Waals surface area contributed by atoms with E-state index in [1.54, 1.807) is 6.20 Å². The topological polar surface area (TPSA) is 22.1 Å². The van der Waals surface area contributed by atoms with Gasteiger partial charge in [0.2, 0.25) is 0 Å². The van der Waals surface area contributed by atoms with E-state index in [4.69, 9.17) is 4.74 Å². The lowest BCUT2D eigenvalue weighted by molar-refractivity contribution is 0.241. The van der Waals surface area contributed by atoms with Crippen molar-refractivity contribution in [1.82, 2.24) is 4.98 Å². The Labute approximate surface area is 94.3 Å². The van der Waals surface area contributed by atoms with Crippen LogP contribution in [0.4, 0.5) is 0 Å². The lowest BCUT2D eigenvalue weighted by Gasteiger charge is -2.23. The zero-order valence-electron chi connectivity index (χ0n) is 8.71. The second-order valence-corrected chi connectivity index (χ2v) is 3.70. The van der Waals surface area contributed by atoms with Gasteiger partial charge in [0.05, 0.1) is 0 Å². The number of fused-ring (bicyclic) bond motifs is 1. The molecule has 0 amide bonds. The Hall–Kier alpha value is -2.09. The van der Waals surface area contributed by atoms with Gasteiger partial charge in [-0.25, -0.2) is 0 Å². The first kappa shape index (κ1) is 9.16. The highest BCUT2D eigenvalue weighted by Crippen LogP contribution is 2.27. The van der Waals surface area contributed by atoms with E-state index < -0.39 is 0 Å². The molecule has 0 saturated heterocycles. The first-order valence-electron chi connectivity index (χ1n) is 5.28. The van der Waals surface area contributed by atoms with Gasteiger partial charge in [0.25, 0.3) is 0 Å². The molecule has 0 fully saturated rings. The zero-order valence-corrected chi connectivity index (χ0v) is 8.71. The molecule has 1 unspecified atom stereocenters. The lowest BCUT2D eigenvalue weighted by atomic mass is 10.0. The predicted octanol–water partition coefficient (Wildman–Crippen LogP) is 2.87. The van der Waals surface area contributed by atoms with Crippen molar-refractivity contribution in [3.05, 3.63) is 72.1 Å². The summed E-state index contributed by atoms with van der Waals surface area (Å²) in [6.45, 7) is 0. The highest BCUT2D eigenvalue weighted by atomic mass is 16.5. The molecule has 2 nitrogen and oxygen atoms in total. The highest BCUT2D eigenvalue weighted by molar-refractivity contribution is 5.62. The standard InChI is InChI=1S/C14H11NO/c1-2-7-13-11(5-1)8-9-14(16-13)12-6-3-4-10-15-12/h1-10,13H. The number of allylic oxidation sites excluding steroid dienone is 4. The first-order chi connectivity index (χ1) is 7.93. The van der Waals surface area contributed by atoms with Crippen molar-refractivity contribution in [3.8, 4) is 0 Å². The van der Waals surface area contributed by atoms with Crippen molar-refractivity contribution in [3.63, 3.8) is 0 Å². The molecule has 0 radical (unpaired) electrons. The van der Waals surface area contributed by atoms with Crippen molar-refractivity contribution < 1.29 is 4.74 Å². The molecule has 78 valence electrons. The molecule has 0 saturated carbocycles. The van der Waals surface area contributed by atoms with Crippen molar-refractivity contribution >= 4 is 5.76 Å². The highest BCUT2D eigenvalue weighted by Gasteiger charge is 2.18. The van der Waals surface area contributed by atoms with Crippen LogP contribution in [0.1, 0.15) is 5.69 Å². The molecule has 0 spiro atoms. The van der Waals surface area contributed by atoms with Crippen molar-refractivity contribution in [2.24, 2.45) is 0 Å². The predicted molar refractivity (Wildman–Crippen MR) is 63.5 cm³/mol. The summed E-state index contributed by atoms with van der Waals surface area (Å²) in [6.07, 6.45) is 14.0. The summed E-state index contributed by atoms with van der Waals surface area (Å²) in [4.78, 5) is 4.28. The number of rotatable bonds is 1. The van der Waals surface area contributed by atoms with Gasteiger partial charge in [-0.05, 0) is 29.9 Å². The van der Waals surface area contributed by atoms with Gasteiger partial charge in [0, 0.05) is 6.20 Å². The number of nitrogens with zero attached hydrogens (tertiary/aromatic N) is 1. The molecule has 0 aromatic carbocycles. The number of aromatic nitrogens is 1. The molecule has 3 rings (SSSR count). The van der Waals surface area contributed by atoms with Crippen LogP contribution in [0.25, 0.3) is 5.76 Å². The number of pyridine rings is 1. The summed E-state index contributed by atoms with van der Waals surface area (Å²) in [5.74, 6) is 0.828. The summed E-state index contributed by atoms with van der Waals surface area (Å²) in [7, 11) is 0. The molecule has 1 aromatic heterocycles. The van der Waals surface area contributed by atoms with Crippen LogP contribution in [0.2, 0.25) is 0 Å². The Morgan fingerprint density at radius 2 is 2.12 bits per heavy atom. The second-order valence-electron chi connectivity index (χ2n) is 3.70. The molecular formula is C14H11NO. The van der Waals surface area contributed by atoms with Crippen LogP contribution in [-0.4, -0.2) is 11.1 Å². The summed E-state index contributed by atoms with van der Waals surface area (Å²) >= 11 is 0. The summed E-state index contributed by atoms with van der Waals surface area (Å²) in [5.41, 5.74) is 2.06. The zero-order chi connectivity index (χ0) is 10.8. The van der Waals surface area contributed by atoms with Crippen molar-refractivity contribution in [2.45, 2.75) is 6.10 Å². The average Bonchev–Trinajstić information content (AvgIpc) is 2.39. The lowest BCUT2D eigenvalue weighted by Crippen LogP contribution is -2.16. The van der Waals surface area contributed by atoms with Gasteiger partial charge in [-0.1, -0.05) is 30.4 Å². The van der Waals surface area contributed by atoms with E-state index in [2.05, 4.69) is 17.1 Å². The maximum Gasteiger partial charge on any atom is 0.146 e. The number of hydrogen-bond acceptors (Lipinski definition) is 2. The molecular weight excluding hydrogens is 198 g/mol. The quantitative estimate of drug-likeness (QED) is 0.709. The Bertz CT molecular complexity index is 509. The molecule has 2 heteroatoms. The van der Waals surface area contributed by atoms with E-state index in [1.807, 2.05) is 42.5 Å². The molecule has 0 bridgehead atoms. The molecule has 0 N–H and O–H groups in total. The molecule has 1 aliphatic heterocycles. The van der Waals surface area contributed by atoms with Gasteiger partial charge in [0.15, 0.2) is 0 Å². The molecule has 2 aliphatic rings. The van der Waals surface area contributed by atoms with Gasteiger partial charge in [0.1, 0.15) is 17.6 Å². The van der Waals surface area contributed by atoms with E-state index in [0.29, 0.717) is 0 Å². The fraction of sp³-hybridized carbons (Fsp3) is 0.0714. The van der Waals surface area contributed by atoms with Crippen LogP contribution in [0.15, 0.2) is 66.4 Å². The SMILES string of the molecule is C1=CC2=CC=C(c3ccccn3)OC2C=C1. The summed E-state index contributed by atoms with van der Waals surface area (Å²) in [6, 6.07) is 5.81. The van der Waals surface area contributed by atoms with Crippen molar-refractivity contribution in [2.75, 3.05) is 0 Å². The normalized spacial score (nSPS) is 21.9. The van der Waals surface area contributed by atoms with Gasteiger partial charge in [-0.2, -0.15) is 0 Å². The second kappa shape index (κ2) is 3.81. The Morgan fingerprint density at radius 3 is 3.00 bits per heavy atom. The van der Waals surface area contributed by atoms with E-state index in [1.165, 1.54) is 5.57 Å². The molecule has 1 atom stereocenters. The minimum atomic E-state index is 0.0343. The number of ether oxygens (including phenoxy) is 1. The number of hydrogen-bond donors (Lipinski definition) is 0. The molecule has 16 heavy (non-hydrogen) atoms. The average molecular weight is 209 g/mol. The first-order valence-corrected chi connectivity index (χ1v) is 5.28. The van der Waals surface area contributed by atoms with Crippen molar-refractivity contribution in [1.29, 1.82) is 0 Å². The van der Waals surface area contributed by atoms with Gasteiger partial charge < -0.3 is 4.74 Å². The van der Waals surface area contributed by atoms with Crippen LogP contribution in [0.3, 0.4) is 0 Å². The van der Waals surface area contributed by atoms with Crippen LogP contribution >= 0.6 is 0 Å². The van der Waals surface area contributed by atoms with E-state index in [-0.39, 0.29) is 6.10 Å². The van der Waals surface area contributed by atoms with Crippen LogP contribution < -0.4 is 0 Å². The van der Waals surface area contributed by atoms with Crippen LogP contribution in [-0.2, 0) is 4.74 Å². The van der Waals surface area contributed by atoms with E-state index >= 15 is 0 Å². The fourth-order valence-electron chi connectivity index (χ4n) is 1.80. The van der Waals surface area contributed by atoms with Gasteiger partial charge in [-0.3, -0.25) is 4.98 Å². The summed E-state index contributed by atoms with van der Waals surface area (Å²) in [5, 5.41) is 0. The van der Waals surface area contributed by atoms with Crippen LogP contribution in [0, 0.1) is 0 Å². The van der Waals surface area contributed by atoms with E-state index in [9.17, 15) is 0 Å². The maximum atomic E-state index is 5.87.